The van der Waals surface area contributed by atoms with Crippen molar-refractivity contribution in [3.05, 3.63) is 41.2 Å². The van der Waals surface area contributed by atoms with Gasteiger partial charge in [-0.3, -0.25) is 14.5 Å². The lowest BCUT2D eigenvalue weighted by Crippen LogP contribution is -2.54. The van der Waals surface area contributed by atoms with Gasteiger partial charge in [0.25, 0.3) is 0 Å². The van der Waals surface area contributed by atoms with Crippen LogP contribution in [0, 0.1) is 12.8 Å². The third-order valence-corrected chi connectivity index (χ3v) is 6.27. The van der Waals surface area contributed by atoms with Gasteiger partial charge in [-0.2, -0.15) is 0 Å². The summed E-state index contributed by atoms with van der Waals surface area (Å²) < 4.78 is 4.70. The molecule has 8 nitrogen and oxygen atoms in total. The second-order valence-corrected chi connectivity index (χ2v) is 7.56. The van der Waals surface area contributed by atoms with E-state index >= 15 is 0 Å². The van der Waals surface area contributed by atoms with Crippen LogP contribution in [-0.2, 0) is 21.7 Å². The molecule has 2 aromatic rings. The molecule has 3 aliphatic rings. The predicted molar refractivity (Wildman–Crippen MR) is 95.5 cm³/mol. The maximum Gasteiger partial charge on any atom is 0.250 e. The smallest absolute Gasteiger partial charge is 0.250 e. The Hall–Kier alpha value is -2.74. The van der Waals surface area contributed by atoms with E-state index in [9.17, 15) is 9.59 Å². The predicted octanol–water partition coefficient (Wildman–Crippen LogP) is 1.33. The van der Waals surface area contributed by atoms with Crippen molar-refractivity contribution in [2.75, 3.05) is 11.9 Å². The Balaban J connectivity index is 1.51. The van der Waals surface area contributed by atoms with Crippen molar-refractivity contribution in [2.24, 2.45) is 5.92 Å². The van der Waals surface area contributed by atoms with E-state index in [1.807, 2.05) is 24.3 Å². The van der Waals surface area contributed by atoms with Crippen LogP contribution in [0.15, 0.2) is 28.9 Å². The zero-order valence-electron chi connectivity index (χ0n) is 15.1. The third-order valence-electron chi connectivity index (χ3n) is 6.27. The quantitative estimate of drug-likeness (QED) is 0.849. The first-order chi connectivity index (χ1) is 13.1. The molecule has 5 rings (SSSR count). The van der Waals surface area contributed by atoms with Gasteiger partial charge in [0.05, 0.1) is 12.5 Å². The lowest BCUT2D eigenvalue weighted by Gasteiger charge is -2.36. The number of hydrogen-bond acceptors (Lipinski definition) is 6. The van der Waals surface area contributed by atoms with Crippen LogP contribution in [0.1, 0.15) is 36.2 Å². The summed E-state index contributed by atoms with van der Waals surface area (Å²) in [5.41, 5.74) is 2.07. The largest absolute Gasteiger partial charge is 0.350 e. The van der Waals surface area contributed by atoms with Crippen molar-refractivity contribution in [3.8, 4) is 0 Å². The van der Waals surface area contributed by atoms with Crippen molar-refractivity contribution >= 4 is 17.5 Å². The first-order valence-corrected chi connectivity index (χ1v) is 9.36. The van der Waals surface area contributed by atoms with Gasteiger partial charge in [0.1, 0.15) is 16.9 Å². The second-order valence-electron chi connectivity index (χ2n) is 7.56. The van der Waals surface area contributed by atoms with Crippen LogP contribution >= 0.6 is 0 Å². The minimum atomic E-state index is -0.918. The van der Waals surface area contributed by atoms with Crippen LogP contribution in [0.25, 0.3) is 0 Å². The van der Waals surface area contributed by atoms with Gasteiger partial charge in [0, 0.05) is 17.3 Å². The van der Waals surface area contributed by atoms with Gasteiger partial charge in [0.15, 0.2) is 0 Å². The first kappa shape index (κ1) is 16.4. The molecule has 0 saturated carbocycles. The number of fused-ring (bicyclic) bond motifs is 4. The molecule has 1 spiro atoms. The molecule has 2 amide bonds. The van der Waals surface area contributed by atoms with Crippen molar-refractivity contribution in [1.29, 1.82) is 0 Å². The highest BCUT2D eigenvalue weighted by molar-refractivity contribution is 6.09. The van der Waals surface area contributed by atoms with E-state index in [4.69, 9.17) is 4.63 Å². The number of amides is 2. The van der Waals surface area contributed by atoms with Gasteiger partial charge in [-0.25, -0.2) is 4.63 Å². The molecule has 1 aromatic heterocycles. The fourth-order valence-electron chi connectivity index (χ4n) is 5.08. The van der Waals surface area contributed by atoms with E-state index in [0.717, 1.165) is 30.6 Å². The summed E-state index contributed by atoms with van der Waals surface area (Å²) in [6.45, 7) is 2.86. The molecule has 2 saturated heterocycles. The topological polar surface area (TPSA) is 100 Å². The molecule has 8 heteroatoms. The lowest BCUT2D eigenvalue weighted by molar-refractivity contribution is -0.137. The zero-order chi connectivity index (χ0) is 18.6. The molecule has 3 atom stereocenters. The van der Waals surface area contributed by atoms with E-state index in [2.05, 4.69) is 25.8 Å². The van der Waals surface area contributed by atoms with E-state index in [0.29, 0.717) is 17.8 Å². The number of carbonyl (C=O) groups excluding carboxylic acids is 2. The third kappa shape index (κ3) is 2.19. The Morgan fingerprint density at radius 1 is 1.41 bits per heavy atom. The molecular formula is C19H21N5O3. The molecule has 0 aliphatic carbocycles. The number of aryl methyl sites for hydroxylation is 1. The molecule has 3 aliphatic heterocycles. The summed E-state index contributed by atoms with van der Waals surface area (Å²) in [5.74, 6) is -0.655. The minimum Gasteiger partial charge on any atom is -0.350 e. The van der Waals surface area contributed by atoms with Gasteiger partial charge < -0.3 is 10.6 Å². The molecule has 0 bridgehead atoms. The summed E-state index contributed by atoms with van der Waals surface area (Å²) in [6, 6.07) is 7.98. The van der Waals surface area contributed by atoms with Crippen molar-refractivity contribution < 1.29 is 14.2 Å². The highest BCUT2D eigenvalue weighted by Crippen LogP contribution is 2.55. The fourth-order valence-corrected chi connectivity index (χ4v) is 5.08. The number of benzene rings is 1. The lowest BCUT2D eigenvalue weighted by atomic mass is 9.78. The maximum atomic E-state index is 13.2. The molecular weight excluding hydrogens is 346 g/mol. The number of hydrogen-bond donors (Lipinski definition) is 2. The van der Waals surface area contributed by atoms with Crippen molar-refractivity contribution in [3.63, 3.8) is 0 Å². The zero-order valence-corrected chi connectivity index (χ0v) is 15.1. The molecule has 140 valence electrons. The van der Waals surface area contributed by atoms with E-state index in [-0.39, 0.29) is 24.4 Å². The maximum absolute atomic E-state index is 13.2. The molecule has 0 unspecified atom stereocenters. The summed E-state index contributed by atoms with van der Waals surface area (Å²) in [4.78, 5) is 28.7. The first-order valence-electron chi connectivity index (χ1n) is 9.36. The average Bonchev–Trinajstić information content (AvgIpc) is 3.39. The average molecular weight is 367 g/mol. The molecule has 2 fully saturated rings. The van der Waals surface area contributed by atoms with Crippen LogP contribution in [-0.4, -0.2) is 39.6 Å². The highest BCUT2D eigenvalue weighted by atomic mass is 16.6. The number of nitrogens with one attached hydrogen (secondary N) is 2. The number of anilines is 1. The van der Waals surface area contributed by atoms with Crippen LogP contribution in [0.2, 0.25) is 0 Å². The van der Waals surface area contributed by atoms with Gasteiger partial charge in [-0.05, 0) is 38.8 Å². The molecule has 4 heterocycles. The second kappa shape index (κ2) is 5.88. The normalized spacial score (nSPS) is 29.0. The molecule has 27 heavy (non-hydrogen) atoms. The van der Waals surface area contributed by atoms with Gasteiger partial charge in [-0.1, -0.05) is 28.5 Å². The highest BCUT2D eigenvalue weighted by Gasteiger charge is 2.65. The summed E-state index contributed by atoms with van der Waals surface area (Å²) in [6.07, 6.45) is 2.76. The van der Waals surface area contributed by atoms with E-state index < -0.39 is 11.5 Å². The summed E-state index contributed by atoms with van der Waals surface area (Å²) in [5, 5.41) is 13.5. The molecule has 0 radical (unpaired) electrons. The Morgan fingerprint density at radius 2 is 2.26 bits per heavy atom. The van der Waals surface area contributed by atoms with Crippen LogP contribution in [0.5, 0.6) is 0 Å². The Bertz CT molecular complexity index is 926. The van der Waals surface area contributed by atoms with Crippen LogP contribution < -0.4 is 10.6 Å². The van der Waals surface area contributed by atoms with Gasteiger partial charge >= 0.3 is 0 Å². The van der Waals surface area contributed by atoms with Crippen molar-refractivity contribution in [1.82, 2.24) is 20.5 Å². The summed E-state index contributed by atoms with van der Waals surface area (Å²) in [7, 11) is 0. The number of rotatable bonds is 3. The number of aromatic nitrogens is 2. The molecule has 2 N–H and O–H groups in total. The molecule has 1 aromatic carbocycles. The number of para-hydroxylation sites is 1. The number of nitrogens with zero attached hydrogens (tertiary/aromatic N) is 3. The Labute approximate surface area is 156 Å². The van der Waals surface area contributed by atoms with Crippen molar-refractivity contribution in [2.45, 2.75) is 44.3 Å². The standard InChI is InChI=1S/C19H21N5O3/c1-11-16(23-27-22-11)10-20-17(25)14-9-12-5-4-8-24(12)19(14)13-6-2-3-7-15(13)21-18(19)26/h2-3,6-7,12,14H,4-5,8-10H2,1H3,(H,20,25)(H,21,26)/t12-,14+,19+/m1/s1. The SMILES string of the molecule is Cc1nonc1CNC(=O)[C@@H]1C[C@H]2CCCN2[C@]12C(=O)Nc1ccccc12. The monoisotopic (exact) mass is 367 g/mol. The van der Waals surface area contributed by atoms with Gasteiger partial charge in [-0.15, -0.1) is 0 Å². The van der Waals surface area contributed by atoms with Gasteiger partial charge in [0.2, 0.25) is 11.8 Å². The van der Waals surface area contributed by atoms with E-state index in [1.54, 1.807) is 6.92 Å². The Kier molecular flexibility index (Phi) is 3.58. The fraction of sp³-hybridized carbons (Fsp3) is 0.474. The number of carbonyl (C=O) groups is 2. The Morgan fingerprint density at radius 3 is 3.07 bits per heavy atom. The summed E-state index contributed by atoms with van der Waals surface area (Å²) >= 11 is 0. The van der Waals surface area contributed by atoms with Crippen LogP contribution in [0.3, 0.4) is 0 Å². The van der Waals surface area contributed by atoms with E-state index in [1.165, 1.54) is 0 Å². The minimum absolute atomic E-state index is 0.0902. The van der Waals surface area contributed by atoms with Crippen LogP contribution in [0.4, 0.5) is 5.69 Å².